The summed E-state index contributed by atoms with van der Waals surface area (Å²) in [7, 11) is 0. The lowest BCUT2D eigenvalue weighted by molar-refractivity contribution is -0.189. The van der Waals surface area contributed by atoms with Gasteiger partial charge in [-0.15, -0.1) is 0 Å². The summed E-state index contributed by atoms with van der Waals surface area (Å²) in [5, 5.41) is 0. The smallest absolute Gasteiger partial charge is 0.432 e. The van der Waals surface area contributed by atoms with Crippen LogP contribution >= 0.6 is 0 Å². The van der Waals surface area contributed by atoms with Crippen molar-refractivity contribution < 1.29 is 57.8 Å². The molecule has 0 spiro atoms. The number of rotatable bonds is 5. The summed E-state index contributed by atoms with van der Waals surface area (Å²) < 4.78 is 164. The molecule has 2 nitrogen and oxygen atoms in total. The molecule has 0 aliphatic heterocycles. The fraction of sp³-hybridized carbons (Fsp3) is 0.0968. The summed E-state index contributed by atoms with van der Waals surface area (Å²) in [6.07, 6.45) is -4.73. The van der Waals surface area contributed by atoms with Gasteiger partial charge in [-0.25, -0.2) is 39.5 Å². The van der Waals surface area contributed by atoms with E-state index in [2.05, 4.69) is 16.6 Å². The first-order valence-electron chi connectivity index (χ1n) is 12.1. The molecule has 0 aliphatic rings. The monoisotopic (exact) mass is 626 g/mol. The van der Waals surface area contributed by atoms with Gasteiger partial charge in [0.2, 0.25) is 0 Å². The summed E-state index contributed by atoms with van der Waals surface area (Å²) >= 11 is 0. The molecular weight excluding hydrogens is 613 g/mol. The number of ether oxygens (including phenoxy) is 2. The molecule has 13 heteroatoms. The molecule has 0 saturated heterocycles. The molecule has 0 bridgehead atoms. The van der Waals surface area contributed by atoms with Crippen molar-refractivity contribution in [2.24, 2.45) is 0 Å². The van der Waals surface area contributed by atoms with Crippen molar-refractivity contribution in [2.45, 2.75) is 13.0 Å². The molecule has 0 unspecified atom stereocenters. The van der Waals surface area contributed by atoms with Crippen molar-refractivity contribution in [1.29, 1.82) is 0 Å². The maximum absolute atomic E-state index is 14.6. The van der Waals surface area contributed by atoms with Gasteiger partial charge in [0.25, 0.3) is 0 Å². The highest BCUT2D eigenvalue weighted by atomic mass is 19.3. The quantitative estimate of drug-likeness (QED) is 0.126. The van der Waals surface area contributed by atoms with E-state index in [1.807, 2.05) is 11.8 Å². The van der Waals surface area contributed by atoms with Crippen LogP contribution in [0.2, 0.25) is 0 Å². The Labute approximate surface area is 241 Å². The van der Waals surface area contributed by atoms with E-state index in [1.54, 1.807) is 0 Å². The molecule has 4 aromatic carbocycles. The third-order valence-corrected chi connectivity index (χ3v) is 5.57. The zero-order valence-electron chi connectivity index (χ0n) is 21.8. The Hall–Kier alpha value is -5.17. The van der Waals surface area contributed by atoms with Gasteiger partial charge in [-0.3, -0.25) is 0 Å². The Kier molecular flexibility index (Phi) is 9.09. The molecule has 4 rings (SSSR count). The second-order valence-corrected chi connectivity index (χ2v) is 8.64. The van der Waals surface area contributed by atoms with Gasteiger partial charge in [-0.2, -0.15) is 8.78 Å². The van der Waals surface area contributed by atoms with Crippen LogP contribution < -0.4 is 9.47 Å². The molecule has 0 aliphatic carbocycles. The third kappa shape index (κ3) is 6.89. The lowest BCUT2D eigenvalue weighted by Crippen LogP contribution is -2.25. The Morgan fingerprint density at radius 2 is 0.909 bits per heavy atom. The van der Waals surface area contributed by atoms with Gasteiger partial charge < -0.3 is 9.47 Å². The molecule has 226 valence electrons. The van der Waals surface area contributed by atoms with Gasteiger partial charge in [0.05, 0.1) is 17.7 Å². The van der Waals surface area contributed by atoms with E-state index in [0.717, 1.165) is 0 Å². The standard InChI is InChI=1S/C31H13F11O2/c1-2-43-17-11-25(36)29(26(37)12-17)31(41,42)44-18-13-23(34)20(24(35)14-18)6-3-15-7-21(32)19(22(33)8-15)5-4-16-9-27(38)30(40)28(39)10-16/h7-14H,2H2,1H3. The van der Waals surface area contributed by atoms with Crippen LogP contribution in [-0.2, 0) is 6.11 Å². The fourth-order valence-electron chi connectivity index (χ4n) is 3.67. The lowest BCUT2D eigenvalue weighted by atomic mass is 10.1. The maximum atomic E-state index is 14.6. The van der Waals surface area contributed by atoms with Crippen LogP contribution in [0.25, 0.3) is 0 Å². The van der Waals surface area contributed by atoms with Gasteiger partial charge >= 0.3 is 6.11 Å². The summed E-state index contributed by atoms with van der Waals surface area (Å²) in [5.41, 5.74) is -4.66. The molecule has 0 fully saturated rings. The Bertz CT molecular complexity index is 1800. The minimum absolute atomic E-state index is 0.0197. The molecule has 0 N–H and O–H groups in total. The van der Waals surface area contributed by atoms with Crippen molar-refractivity contribution in [3.05, 3.63) is 129 Å². The highest BCUT2D eigenvalue weighted by molar-refractivity contribution is 5.50. The highest BCUT2D eigenvalue weighted by Crippen LogP contribution is 2.37. The largest absolute Gasteiger partial charge is 0.494 e. The van der Waals surface area contributed by atoms with Crippen molar-refractivity contribution in [3.63, 3.8) is 0 Å². The van der Waals surface area contributed by atoms with Crippen LogP contribution in [0.15, 0.2) is 48.5 Å². The average Bonchev–Trinajstić information content (AvgIpc) is 2.90. The van der Waals surface area contributed by atoms with E-state index in [4.69, 9.17) is 4.74 Å². The molecule has 0 radical (unpaired) electrons. The van der Waals surface area contributed by atoms with E-state index >= 15 is 0 Å². The van der Waals surface area contributed by atoms with Crippen molar-refractivity contribution in [3.8, 4) is 35.2 Å². The summed E-state index contributed by atoms with van der Waals surface area (Å²) in [5.74, 6) is -7.73. The van der Waals surface area contributed by atoms with E-state index in [0.29, 0.717) is 36.4 Å². The zero-order chi connectivity index (χ0) is 32.3. The first-order valence-corrected chi connectivity index (χ1v) is 12.1. The zero-order valence-corrected chi connectivity index (χ0v) is 21.8. The van der Waals surface area contributed by atoms with Crippen molar-refractivity contribution in [1.82, 2.24) is 0 Å². The van der Waals surface area contributed by atoms with Crippen LogP contribution in [0.3, 0.4) is 0 Å². The molecular formula is C31H13F11O2. The first-order chi connectivity index (χ1) is 20.7. The van der Waals surface area contributed by atoms with Gasteiger partial charge in [0.1, 0.15) is 52.0 Å². The number of halogens is 11. The molecule has 0 heterocycles. The van der Waals surface area contributed by atoms with Gasteiger partial charge in [0, 0.05) is 35.4 Å². The second kappa shape index (κ2) is 12.6. The fourth-order valence-corrected chi connectivity index (χ4v) is 3.67. The summed E-state index contributed by atoms with van der Waals surface area (Å²) in [6.45, 7) is 1.46. The Balaban J connectivity index is 1.58. The minimum atomic E-state index is -4.73. The summed E-state index contributed by atoms with van der Waals surface area (Å²) in [4.78, 5) is 0. The Morgan fingerprint density at radius 3 is 1.34 bits per heavy atom. The highest BCUT2D eigenvalue weighted by Gasteiger charge is 2.41. The average molecular weight is 626 g/mol. The lowest BCUT2D eigenvalue weighted by Gasteiger charge is -2.20. The van der Waals surface area contributed by atoms with Crippen LogP contribution in [0.4, 0.5) is 48.3 Å². The van der Waals surface area contributed by atoms with Gasteiger partial charge in [-0.05, 0) is 31.2 Å². The predicted molar refractivity (Wildman–Crippen MR) is 133 cm³/mol. The normalized spacial score (nSPS) is 10.9. The molecule has 4 aromatic rings. The minimum Gasteiger partial charge on any atom is -0.494 e. The van der Waals surface area contributed by atoms with E-state index in [1.165, 1.54) is 6.92 Å². The second-order valence-electron chi connectivity index (χ2n) is 8.64. The van der Waals surface area contributed by atoms with E-state index in [-0.39, 0.29) is 24.5 Å². The van der Waals surface area contributed by atoms with Crippen LogP contribution in [0.5, 0.6) is 11.5 Å². The van der Waals surface area contributed by atoms with Crippen LogP contribution in [0.1, 0.15) is 34.7 Å². The predicted octanol–water partition coefficient (Wildman–Crippen LogP) is 8.27. The van der Waals surface area contributed by atoms with Gasteiger partial charge in [0.15, 0.2) is 17.5 Å². The van der Waals surface area contributed by atoms with Crippen molar-refractivity contribution >= 4 is 0 Å². The number of hydrogen-bond acceptors (Lipinski definition) is 2. The van der Waals surface area contributed by atoms with Crippen LogP contribution in [-0.4, -0.2) is 6.61 Å². The number of benzene rings is 4. The first kappa shape index (κ1) is 31.8. The van der Waals surface area contributed by atoms with Crippen LogP contribution in [0, 0.1) is 76.0 Å². The van der Waals surface area contributed by atoms with Crippen molar-refractivity contribution in [2.75, 3.05) is 6.61 Å². The molecule has 0 atom stereocenters. The van der Waals surface area contributed by atoms with E-state index in [9.17, 15) is 48.3 Å². The number of hydrogen-bond donors (Lipinski definition) is 0. The molecule has 0 amide bonds. The topological polar surface area (TPSA) is 18.5 Å². The molecule has 0 saturated carbocycles. The summed E-state index contributed by atoms with van der Waals surface area (Å²) in [6, 6.07) is 3.64. The van der Waals surface area contributed by atoms with Gasteiger partial charge in [-0.1, -0.05) is 23.7 Å². The maximum Gasteiger partial charge on any atom is 0.432 e. The third-order valence-electron chi connectivity index (χ3n) is 5.57. The van der Waals surface area contributed by atoms with E-state index < -0.39 is 92.0 Å². The number of alkyl halides is 2. The SMILES string of the molecule is CCOc1cc(F)c(C(F)(F)Oc2cc(F)c(C#Cc3cc(F)c(C#Cc4cc(F)c(F)c(F)c4)c(F)c3)c(F)c2)c(F)c1. The molecule has 44 heavy (non-hydrogen) atoms. The Morgan fingerprint density at radius 1 is 0.523 bits per heavy atom. The molecule has 0 aromatic heterocycles.